The molecule has 222 valence electrons. The van der Waals surface area contributed by atoms with Gasteiger partial charge >= 0.3 is 0 Å². The lowest BCUT2D eigenvalue weighted by molar-refractivity contribution is 0.296. The van der Waals surface area contributed by atoms with E-state index in [2.05, 4.69) is 45.3 Å². The quantitative estimate of drug-likeness (QED) is 0.187. The maximum Gasteiger partial charge on any atom is 0.280 e. The number of pyridine rings is 2. The maximum atomic E-state index is 13.6. The molecule has 0 saturated carbocycles. The molecule has 0 atom stereocenters. The molecule has 16 heteroatoms. The van der Waals surface area contributed by atoms with Crippen molar-refractivity contribution in [2.75, 3.05) is 25.0 Å². The van der Waals surface area contributed by atoms with E-state index in [1.54, 1.807) is 42.5 Å². The third kappa shape index (κ3) is 6.65. The van der Waals surface area contributed by atoms with Gasteiger partial charge in [-0.3, -0.25) is 9.71 Å². The first-order chi connectivity index (χ1) is 20.8. The number of ether oxygens (including phenoxy) is 3. The highest BCUT2D eigenvalue weighted by atomic mass is 32.2. The lowest BCUT2D eigenvalue weighted by atomic mass is 10.1. The van der Waals surface area contributed by atoms with E-state index in [1.807, 2.05) is 13.8 Å². The third-order valence-corrected chi connectivity index (χ3v) is 7.25. The zero-order valence-corrected chi connectivity index (χ0v) is 24.2. The highest BCUT2D eigenvalue weighted by Gasteiger charge is 2.26. The molecule has 0 aliphatic heterocycles. The van der Waals surface area contributed by atoms with E-state index in [0.717, 1.165) is 5.56 Å². The molecule has 0 unspecified atom stereocenters. The summed E-state index contributed by atoms with van der Waals surface area (Å²) in [5.41, 5.74) is 7.44. The predicted molar refractivity (Wildman–Crippen MR) is 155 cm³/mol. The van der Waals surface area contributed by atoms with E-state index in [-0.39, 0.29) is 58.9 Å². The molecule has 0 radical (unpaired) electrons. The number of aromatic amines is 1. The number of nitrogens with zero attached hydrogens (tertiary/aromatic N) is 7. The van der Waals surface area contributed by atoms with Crippen LogP contribution in [0.5, 0.6) is 23.1 Å². The summed E-state index contributed by atoms with van der Waals surface area (Å²) in [5.74, 6) is 0.758. The average Bonchev–Trinajstić information content (AvgIpc) is 3.57. The summed E-state index contributed by atoms with van der Waals surface area (Å²) in [6, 6.07) is 13.2. The van der Waals surface area contributed by atoms with Gasteiger partial charge in [-0.1, -0.05) is 32.0 Å². The number of sulfonamides is 1. The molecule has 0 aliphatic rings. The molecular weight excluding hydrogens is 576 g/mol. The number of methoxy groups -OCH3 is 1. The summed E-state index contributed by atoms with van der Waals surface area (Å²) < 4.78 is 47.1. The molecule has 0 spiro atoms. The number of anilines is 1. The van der Waals surface area contributed by atoms with Gasteiger partial charge in [0.1, 0.15) is 12.3 Å². The minimum Gasteiger partial charge on any atom is -0.493 e. The second-order valence-electron chi connectivity index (χ2n) is 9.28. The van der Waals surface area contributed by atoms with Crippen molar-refractivity contribution < 1.29 is 22.6 Å². The smallest absolute Gasteiger partial charge is 0.280 e. The highest BCUT2D eigenvalue weighted by molar-refractivity contribution is 7.92. The first-order valence-corrected chi connectivity index (χ1v) is 14.5. The second-order valence-corrected chi connectivity index (χ2v) is 10.9. The Bertz CT molecular complexity index is 1800. The SMILES string of the molecule is COc1ccccc1Oc1c(NS(=O)(=O)c2ccc(C(C)C)cn2)nc(-c2ccnc(-c3nn[nH]n3)c2)nc1OCCN. The largest absolute Gasteiger partial charge is 0.493 e. The molecule has 0 bridgehead atoms. The Labute approximate surface area is 246 Å². The molecule has 0 saturated heterocycles. The molecule has 1 aromatic carbocycles. The predicted octanol–water partition coefficient (Wildman–Crippen LogP) is 3.18. The van der Waals surface area contributed by atoms with Crippen LogP contribution in [0.2, 0.25) is 0 Å². The van der Waals surface area contributed by atoms with Gasteiger partial charge < -0.3 is 19.9 Å². The number of benzene rings is 1. The number of nitrogens with one attached hydrogen (secondary N) is 2. The molecule has 43 heavy (non-hydrogen) atoms. The molecule has 0 aliphatic carbocycles. The van der Waals surface area contributed by atoms with Crippen LogP contribution in [-0.4, -0.2) is 69.2 Å². The van der Waals surface area contributed by atoms with Gasteiger partial charge in [-0.25, -0.2) is 9.97 Å². The van der Waals surface area contributed by atoms with Crippen molar-refractivity contribution >= 4 is 15.8 Å². The molecule has 4 heterocycles. The zero-order chi connectivity index (χ0) is 30.4. The van der Waals surface area contributed by atoms with Crippen LogP contribution in [0, 0.1) is 0 Å². The van der Waals surface area contributed by atoms with Crippen molar-refractivity contribution in [1.29, 1.82) is 0 Å². The number of hydrogen-bond donors (Lipinski definition) is 3. The molecule has 0 amide bonds. The van der Waals surface area contributed by atoms with Gasteiger partial charge in [-0.2, -0.15) is 18.6 Å². The minimum atomic E-state index is -4.25. The van der Waals surface area contributed by atoms with Crippen molar-refractivity contribution in [3.05, 3.63) is 66.5 Å². The minimum absolute atomic E-state index is 0.0492. The first-order valence-electron chi connectivity index (χ1n) is 13.0. The Morgan fingerprint density at radius 3 is 2.51 bits per heavy atom. The Hall–Kier alpha value is -5.22. The van der Waals surface area contributed by atoms with Crippen molar-refractivity contribution in [1.82, 2.24) is 40.6 Å². The van der Waals surface area contributed by atoms with Crippen LogP contribution in [0.1, 0.15) is 25.3 Å². The molecule has 4 N–H and O–H groups in total. The van der Waals surface area contributed by atoms with Crippen molar-refractivity contribution in [3.63, 3.8) is 0 Å². The van der Waals surface area contributed by atoms with Gasteiger partial charge in [0.2, 0.25) is 11.6 Å². The van der Waals surface area contributed by atoms with Crippen LogP contribution in [0.25, 0.3) is 22.9 Å². The Morgan fingerprint density at radius 1 is 1.02 bits per heavy atom. The van der Waals surface area contributed by atoms with Crippen LogP contribution in [-0.2, 0) is 10.0 Å². The summed E-state index contributed by atoms with van der Waals surface area (Å²) >= 11 is 0. The molecular formula is C27H28N10O5S. The third-order valence-electron chi connectivity index (χ3n) is 6.00. The fourth-order valence-corrected chi connectivity index (χ4v) is 4.76. The number of para-hydroxylation sites is 2. The lowest BCUT2D eigenvalue weighted by Crippen LogP contribution is -2.18. The van der Waals surface area contributed by atoms with Crippen LogP contribution in [0.3, 0.4) is 0 Å². The first kappa shape index (κ1) is 29.3. The molecule has 4 aromatic heterocycles. The fraction of sp³-hybridized carbons (Fsp3) is 0.222. The van der Waals surface area contributed by atoms with E-state index >= 15 is 0 Å². The fourth-order valence-electron chi connectivity index (χ4n) is 3.82. The van der Waals surface area contributed by atoms with Crippen molar-refractivity contribution in [3.8, 4) is 46.0 Å². The Morgan fingerprint density at radius 2 is 1.84 bits per heavy atom. The van der Waals surface area contributed by atoms with Crippen LogP contribution in [0.15, 0.2) is 66.0 Å². The maximum absolute atomic E-state index is 13.6. The van der Waals surface area contributed by atoms with Crippen LogP contribution >= 0.6 is 0 Å². The van der Waals surface area contributed by atoms with Gasteiger partial charge in [-0.05, 0) is 47.0 Å². The number of tetrazole rings is 1. The molecule has 0 fully saturated rings. The van der Waals surface area contributed by atoms with Crippen LogP contribution in [0.4, 0.5) is 5.82 Å². The van der Waals surface area contributed by atoms with E-state index < -0.39 is 10.0 Å². The van der Waals surface area contributed by atoms with Gasteiger partial charge in [-0.15, -0.1) is 10.2 Å². The number of aromatic nitrogens is 8. The lowest BCUT2D eigenvalue weighted by Gasteiger charge is -2.18. The number of nitrogens with two attached hydrogens (primary N) is 1. The average molecular weight is 605 g/mol. The molecule has 5 rings (SSSR count). The van der Waals surface area contributed by atoms with Gasteiger partial charge in [0.15, 0.2) is 28.2 Å². The van der Waals surface area contributed by atoms with Crippen molar-refractivity contribution in [2.24, 2.45) is 5.73 Å². The van der Waals surface area contributed by atoms with Crippen LogP contribution < -0.4 is 24.7 Å². The molecule has 5 aromatic rings. The standard InChI is InChI=1S/C27H28N10O5S/c1-16(2)18-8-9-22(30-15-18)43(38,39)35-26-23(42-21-7-5-4-6-20(21)40-3)27(41-13-11-28)32-24(31-26)17-10-12-29-19(14-17)25-33-36-37-34-25/h4-10,12,14-16H,11,13,28H2,1-3H3,(H,31,32,35)(H,33,34,36,37). The van der Waals surface area contributed by atoms with Gasteiger partial charge in [0, 0.05) is 24.5 Å². The summed E-state index contributed by atoms with van der Waals surface area (Å²) in [6.07, 6.45) is 3.02. The summed E-state index contributed by atoms with van der Waals surface area (Å²) in [6.45, 7) is 4.17. The Kier molecular flexibility index (Phi) is 8.68. The van der Waals surface area contributed by atoms with Crippen molar-refractivity contribution in [2.45, 2.75) is 24.8 Å². The van der Waals surface area contributed by atoms with E-state index in [9.17, 15) is 8.42 Å². The van der Waals surface area contributed by atoms with E-state index in [4.69, 9.17) is 19.9 Å². The number of rotatable bonds is 12. The highest BCUT2D eigenvalue weighted by Crippen LogP contribution is 2.41. The summed E-state index contributed by atoms with van der Waals surface area (Å²) in [4.78, 5) is 17.5. The van der Waals surface area contributed by atoms with Gasteiger partial charge in [0.05, 0.1) is 7.11 Å². The number of hydrogen-bond acceptors (Lipinski definition) is 13. The van der Waals surface area contributed by atoms with Gasteiger partial charge in [0.25, 0.3) is 15.9 Å². The normalized spacial score (nSPS) is 11.4. The summed E-state index contributed by atoms with van der Waals surface area (Å²) in [5, 5.41) is 13.6. The van der Waals surface area contributed by atoms with E-state index in [0.29, 0.717) is 17.0 Å². The summed E-state index contributed by atoms with van der Waals surface area (Å²) in [7, 11) is -2.77. The zero-order valence-electron chi connectivity index (χ0n) is 23.4. The monoisotopic (exact) mass is 604 g/mol. The van der Waals surface area contributed by atoms with E-state index in [1.165, 1.54) is 25.6 Å². The molecule has 15 nitrogen and oxygen atoms in total. The number of H-pyrrole nitrogens is 1. The second kappa shape index (κ2) is 12.7. The Balaban J connectivity index is 1.65. The topological polar surface area (TPSA) is 206 Å².